The molecule has 0 atom stereocenters. The van der Waals surface area contributed by atoms with Crippen LogP contribution in [-0.4, -0.2) is 26.1 Å². The molecule has 2 aromatic heterocycles. The van der Waals surface area contributed by atoms with Gasteiger partial charge in [-0.25, -0.2) is 15.0 Å². The largest absolute Gasteiger partial charge is 0.368 e. The van der Waals surface area contributed by atoms with Crippen LogP contribution in [0.4, 0.5) is 5.82 Å². The van der Waals surface area contributed by atoms with E-state index in [-0.39, 0.29) is 0 Å². The minimum absolute atomic E-state index is 0.748. The van der Waals surface area contributed by atoms with E-state index in [0.717, 1.165) is 30.1 Å². The normalized spacial score (nSPS) is 10.7. The molecule has 0 saturated heterocycles. The van der Waals surface area contributed by atoms with E-state index in [9.17, 15) is 0 Å². The highest BCUT2D eigenvalue weighted by molar-refractivity contribution is 5.82. The van der Waals surface area contributed by atoms with Crippen molar-refractivity contribution in [1.29, 1.82) is 0 Å². The maximum Gasteiger partial charge on any atom is 0.182 e. The molecule has 0 aliphatic carbocycles. The van der Waals surface area contributed by atoms with Crippen molar-refractivity contribution in [3.63, 3.8) is 0 Å². The van der Waals surface area contributed by atoms with Crippen LogP contribution in [0.25, 0.3) is 11.2 Å². The van der Waals surface area contributed by atoms with Crippen LogP contribution in [0.15, 0.2) is 12.7 Å². The zero-order chi connectivity index (χ0) is 9.97. The molecule has 2 rings (SSSR count). The lowest BCUT2D eigenvalue weighted by molar-refractivity contribution is 0.786. The molecule has 0 unspecified atom stereocenters. The highest BCUT2D eigenvalue weighted by Gasteiger charge is 2.07. The van der Waals surface area contributed by atoms with Gasteiger partial charge in [-0.2, -0.15) is 0 Å². The summed E-state index contributed by atoms with van der Waals surface area (Å²) in [5.41, 5.74) is 1.73. The molecule has 0 radical (unpaired) electrons. The third-order valence-electron chi connectivity index (χ3n) is 2.09. The van der Waals surface area contributed by atoms with Crippen LogP contribution in [0.1, 0.15) is 13.8 Å². The summed E-state index contributed by atoms with van der Waals surface area (Å²) >= 11 is 0. The summed E-state index contributed by atoms with van der Waals surface area (Å²) in [7, 11) is 0. The van der Waals surface area contributed by atoms with Gasteiger partial charge in [-0.1, -0.05) is 0 Å². The molecule has 0 saturated carbocycles. The maximum absolute atomic E-state index is 4.20. The SMILES string of the molecule is CCNc1ncnc2ncn(CC)c12. The fourth-order valence-electron chi connectivity index (χ4n) is 1.45. The van der Waals surface area contributed by atoms with E-state index in [2.05, 4.69) is 27.2 Å². The summed E-state index contributed by atoms with van der Waals surface area (Å²) in [5, 5.41) is 3.20. The Labute approximate surface area is 82.2 Å². The Balaban J connectivity index is 2.62. The molecule has 0 aliphatic heterocycles. The number of nitrogens with zero attached hydrogens (tertiary/aromatic N) is 4. The van der Waals surface area contributed by atoms with E-state index in [4.69, 9.17) is 0 Å². The molecule has 74 valence electrons. The maximum atomic E-state index is 4.20. The highest BCUT2D eigenvalue weighted by Crippen LogP contribution is 2.17. The van der Waals surface area contributed by atoms with Crippen molar-refractivity contribution in [1.82, 2.24) is 19.5 Å². The molecule has 2 aromatic rings. The smallest absolute Gasteiger partial charge is 0.182 e. The number of imidazole rings is 1. The number of fused-ring (bicyclic) bond motifs is 1. The molecular weight excluding hydrogens is 178 g/mol. The number of aryl methyl sites for hydroxylation is 1. The highest BCUT2D eigenvalue weighted by atomic mass is 15.1. The van der Waals surface area contributed by atoms with Gasteiger partial charge in [0.1, 0.15) is 11.8 Å². The molecule has 1 N–H and O–H groups in total. The standard InChI is InChI=1S/C9H13N5/c1-3-10-8-7-9(12-5-11-8)13-6-14(7)4-2/h5-6H,3-4H2,1-2H3,(H,10,11,12). The fraction of sp³-hybridized carbons (Fsp3) is 0.444. The van der Waals surface area contributed by atoms with Gasteiger partial charge in [0.25, 0.3) is 0 Å². The molecule has 0 spiro atoms. The van der Waals surface area contributed by atoms with Crippen molar-refractivity contribution < 1.29 is 0 Å². The van der Waals surface area contributed by atoms with Crippen molar-refractivity contribution in [2.45, 2.75) is 20.4 Å². The van der Waals surface area contributed by atoms with E-state index in [1.807, 2.05) is 11.5 Å². The van der Waals surface area contributed by atoms with Gasteiger partial charge in [0.05, 0.1) is 6.33 Å². The first-order valence-corrected chi connectivity index (χ1v) is 4.76. The van der Waals surface area contributed by atoms with E-state index in [0.29, 0.717) is 0 Å². The lowest BCUT2D eigenvalue weighted by Gasteiger charge is -2.05. The molecular formula is C9H13N5. The van der Waals surface area contributed by atoms with Crippen LogP contribution in [0.2, 0.25) is 0 Å². The minimum Gasteiger partial charge on any atom is -0.368 e. The quantitative estimate of drug-likeness (QED) is 0.794. The van der Waals surface area contributed by atoms with E-state index in [1.165, 1.54) is 6.33 Å². The second-order valence-electron chi connectivity index (χ2n) is 2.96. The zero-order valence-corrected chi connectivity index (χ0v) is 8.36. The van der Waals surface area contributed by atoms with Crippen LogP contribution in [0.3, 0.4) is 0 Å². The number of anilines is 1. The van der Waals surface area contributed by atoms with Gasteiger partial charge < -0.3 is 9.88 Å². The number of hydrogen-bond donors (Lipinski definition) is 1. The zero-order valence-electron chi connectivity index (χ0n) is 8.36. The van der Waals surface area contributed by atoms with Crippen molar-refractivity contribution in [2.75, 3.05) is 11.9 Å². The van der Waals surface area contributed by atoms with Crippen LogP contribution in [0, 0.1) is 0 Å². The van der Waals surface area contributed by atoms with Crippen molar-refractivity contribution >= 4 is 17.0 Å². The Morgan fingerprint density at radius 3 is 2.86 bits per heavy atom. The third-order valence-corrected chi connectivity index (χ3v) is 2.09. The average molecular weight is 191 g/mol. The van der Waals surface area contributed by atoms with Gasteiger partial charge in [0.15, 0.2) is 11.5 Å². The topological polar surface area (TPSA) is 55.6 Å². The summed E-state index contributed by atoms with van der Waals surface area (Å²) in [6, 6.07) is 0. The van der Waals surface area contributed by atoms with Gasteiger partial charge in [0, 0.05) is 13.1 Å². The summed E-state index contributed by atoms with van der Waals surface area (Å²) in [6.07, 6.45) is 3.33. The monoisotopic (exact) mass is 191 g/mol. The second-order valence-corrected chi connectivity index (χ2v) is 2.96. The number of rotatable bonds is 3. The fourth-order valence-corrected chi connectivity index (χ4v) is 1.45. The molecule has 5 heteroatoms. The Morgan fingerprint density at radius 2 is 2.14 bits per heavy atom. The number of hydrogen-bond acceptors (Lipinski definition) is 4. The van der Waals surface area contributed by atoms with Crippen LogP contribution < -0.4 is 5.32 Å². The molecule has 0 fully saturated rings. The van der Waals surface area contributed by atoms with Gasteiger partial charge in [-0.15, -0.1) is 0 Å². The third kappa shape index (κ3) is 1.30. The van der Waals surface area contributed by atoms with Gasteiger partial charge in [-0.05, 0) is 13.8 Å². The van der Waals surface area contributed by atoms with Crippen molar-refractivity contribution in [3.05, 3.63) is 12.7 Å². The van der Waals surface area contributed by atoms with Crippen LogP contribution in [-0.2, 0) is 6.54 Å². The predicted octanol–water partition coefficient (Wildman–Crippen LogP) is 1.28. The summed E-state index contributed by atoms with van der Waals surface area (Å²) in [5.74, 6) is 0.858. The first-order chi connectivity index (χ1) is 6.86. The van der Waals surface area contributed by atoms with Gasteiger partial charge in [0.2, 0.25) is 0 Å². The van der Waals surface area contributed by atoms with E-state index < -0.39 is 0 Å². The lowest BCUT2D eigenvalue weighted by Crippen LogP contribution is -2.03. The Hall–Kier alpha value is -1.65. The summed E-state index contributed by atoms with van der Waals surface area (Å²) in [6.45, 7) is 5.84. The average Bonchev–Trinajstić information content (AvgIpc) is 2.62. The second kappa shape index (κ2) is 3.61. The first kappa shape index (κ1) is 8.93. The van der Waals surface area contributed by atoms with E-state index in [1.54, 1.807) is 6.33 Å². The molecule has 0 bridgehead atoms. The summed E-state index contributed by atoms with van der Waals surface area (Å²) < 4.78 is 2.04. The van der Waals surface area contributed by atoms with Crippen LogP contribution in [0.5, 0.6) is 0 Å². The number of nitrogens with one attached hydrogen (secondary N) is 1. The van der Waals surface area contributed by atoms with Gasteiger partial charge >= 0.3 is 0 Å². The van der Waals surface area contributed by atoms with Crippen molar-refractivity contribution in [3.8, 4) is 0 Å². The molecule has 0 amide bonds. The minimum atomic E-state index is 0.748. The molecule has 2 heterocycles. The molecule has 5 nitrogen and oxygen atoms in total. The Morgan fingerprint density at radius 1 is 1.29 bits per heavy atom. The number of aromatic nitrogens is 4. The lowest BCUT2D eigenvalue weighted by atomic mass is 10.4. The molecule has 0 aromatic carbocycles. The van der Waals surface area contributed by atoms with Gasteiger partial charge in [-0.3, -0.25) is 0 Å². The Kier molecular flexibility index (Phi) is 2.30. The van der Waals surface area contributed by atoms with E-state index >= 15 is 0 Å². The molecule has 14 heavy (non-hydrogen) atoms. The first-order valence-electron chi connectivity index (χ1n) is 4.76. The Bertz CT molecular complexity index is 434. The van der Waals surface area contributed by atoms with Crippen LogP contribution >= 0.6 is 0 Å². The van der Waals surface area contributed by atoms with Crippen molar-refractivity contribution in [2.24, 2.45) is 0 Å². The summed E-state index contributed by atoms with van der Waals surface area (Å²) in [4.78, 5) is 12.5. The molecule has 0 aliphatic rings. The predicted molar refractivity (Wildman–Crippen MR) is 55.2 cm³/mol.